The molecule has 2 saturated heterocycles. The minimum atomic E-state index is -0.218. The summed E-state index contributed by atoms with van der Waals surface area (Å²) in [7, 11) is 1.38. The van der Waals surface area contributed by atoms with Crippen molar-refractivity contribution in [1.29, 1.82) is 0 Å². The average molecular weight is 268 g/mol. The van der Waals surface area contributed by atoms with Crippen molar-refractivity contribution in [3.63, 3.8) is 0 Å². The predicted molar refractivity (Wildman–Crippen MR) is 71.5 cm³/mol. The van der Waals surface area contributed by atoms with Crippen LogP contribution in [0.4, 0.5) is 0 Å². The fourth-order valence-electron chi connectivity index (χ4n) is 3.24. The zero-order valence-corrected chi connectivity index (χ0v) is 11.6. The molecule has 2 unspecified atom stereocenters. The van der Waals surface area contributed by atoms with Gasteiger partial charge in [0.1, 0.15) is 0 Å². The van der Waals surface area contributed by atoms with Crippen molar-refractivity contribution in [3.8, 4) is 0 Å². The van der Waals surface area contributed by atoms with Gasteiger partial charge in [0, 0.05) is 31.5 Å². The Morgan fingerprint density at radius 3 is 2.58 bits per heavy atom. The van der Waals surface area contributed by atoms with Gasteiger partial charge in [0.2, 0.25) is 5.91 Å². The lowest BCUT2D eigenvalue weighted by atomic mass is 9.89. The van der Waals surface area contributed by atoms with Crippen molar-refractivity contribution in [3.05, 3.63) is 0 Å². The number of nitrogens with one attached hydrogen (secondary N) is 2. The number of rotatable bonds is 6. The number of piperidine rings is 1. The van der Waals surface area contributed by atoms with E-state index in [4.69, 9.17) is 0 Å². The fraction of sp³-hybridized carbons (Fsp3) is 0.857. The molecule has 0 aliphatic carbocycles. The summed E-state index contributed by atoms with van der Waals surface area (Å²) in [5, 5.41) is 6.47. The van der Waals surface area contributed by atoms with Crippen LogP contribution in [0.25, 0.3) is 0 Å². The average Bonchev–Trinajstić information content (AvgIpc) is 2.73. The van der Waals surface area contributed by atoms with E-state index in [9.17, 15) is 9.59 Å². The van der Waals surface area contributed by atoms with Crippen molar-refractivity contribution >= 4 is 11.9 Å². The van der Waals surface area contributed by atoms with Crippen molar-refractivity contribution in [2.24, 2.45) is 5.92 Å². The third kappa shape index (κ3) is 4.49. The summed E-state index contributed by atoms with van der Waals surface area (Å²) in [4.78, 5) is 22.7. The summed E-state index contributed by atoms with van der Waals surface area (Å²) in [5.41, 5.74) is 0. The van der Waals surface area contributed by atoms with Crippen molar-refractivity contribution in [2.75, 3.05) is 13.7 Å². The van der Waals surface area contributed by atoms with Gasteiger partial charge in [-0.3, -0.25) is 9.59 Å². The number of amides is 1. The van der Waals surface area contributed by atoms with Crippen LogP contribution in [0.15, 0.2) is 0 Å². The van der Waals surface area contributed by atoms with Crippen LogP contribution in [-0.2, 0) is 14.3 Å². The third-order valence-electron chi connectivity index (χ3n) is 4.15. The van der Waals surface area contributed by atoms with E-state index in [2.05, 4.69) is 15.4 Å². The summed E-state index contributed by atoms with van der Waals surface area (Å²) in [5.74, 6) is 0.430. The van der Waals surface area contributed by atoms with E-state index in [0.717, 1.165) is 12.8 Å². The summed E-state index contributed by atoms with van der Waals surface area (Å²) >= 11 is 0. The molecule has 2 aliphatic heterocycles. The van der Waals surface area contributed by atoms with Crippen LogP contribution in [0, 0.1) is 5.92 Å². The Bertz CT molecular complexity index is 321. The molecular weight excluding hydrogens is 244 g/mol. The van der Waals surface area contributed by atoms with Crippen LogP contribution in [0.2, 0.25) is 0 Å². The molecule has 2 bridgehead atoms. The molecule has 0 saturated carbocycles. The molecule has 108 valence electrons. The third-order valence-corrected chi connectivity index (χ3v) is 4.15. The van der Waals surface area contributed by atoms with E-state index in [0.29, 0.717) is 43.8 Å². The molecule has 5 heteroatoms. The van der Waals surface area contributed by atoms with E-state index in [1.807, 2.05) is 0 Å². The SMILES string of the molecule is COC(=O)CCCNC(=O)CC1CC2CCC(C1)N2. The topological polar surface area (TPSA) is 67.4 Å². The molecule has 2 heterocycles. The summed E-state index contributed by atoms with van der Waals surface area (Å²) in [6.07, 6.45) is 6.44. The summed E-state index contributed by atoms with van der Waals surface area (Å²) in [6, 6.07) is 1.27. The van der Waals surface area contributed by atoms with Crippen molar-refractivity contribution in [2.45, 2.75) is 57.0 Å². The van der Waals surface area contributed by atoms with Gasteiger partial charge < -0.3 is 15.4 Å². The van der Waals surface area contributed by atoms with Gasteiger partial charge in [0.15, 0.2) is 0 Å². The van der Waals surface area contributed by atoms with Gasteiger partial charge in [-0.05, 0) is 38.0 Å². The molecule has 2 fully saturated rings. The second kappa shape index (κ2) is 6.89. The zero-order valence-electron chi connectivity index (χ0n) is 11.6. The van der Waals surface area contributed by atoms with Crippen LogP contribution in [0.1, 0.15) is 44.9 Å². The number of carbonyl (C=O) groups is 2. The molecule has 2 rings (SSSR count). The van der Waals surface area contributed by atoms with E-state index < -0.39 is 0 Å². The van der Waals surface area contributed by atoms with Gasteiger partial charge in [-0.1, -0.05) is 0 Å². The maximum Gasteiger partial charge on any atom is 0.305 e. The Morgan fingerprint density at radius 2 is 1.95 bits per heavy atom. The Balaban J connectivity index is 1.58. The van der Waals surface area contributed by atoms with Gasteiger partial charge in [-0.25, -0.2) is 0 Å². The number of hydrogen-bond acceptors (Lipinski definition) is 4. The predicted octanol–water partition coefficient (Wildman–Crippen LogP) is 0.976. The van der Waals surface area contributed by atoms with Gasteiger partial charge in [0.05, 0.1) is 7.11 Å². The molecule has 0 aromatic carbocycles. The Morgan fingerprint density at radius 1 is 1.26 bits per heavy atom. The largest absolute Gasteiger partial charge is 0.469 e. The maximum atomic E-state index is 11.8. The van der Waals surface area contributed by atoms with E-state index in [1.165, 1.54) is 20.0 Å². The number of carbonyl (C=O) groups excluding carboxylic acids is 2. The van der Waals surface area contributed by atoms with Crippen LogP contribution in [-0.4, -0.2) is 37.6 Å². The standard InChI is InChI=1S/C14H24N2O3/c1-19-14(18)3-2-6-15-13(17)9-10-7-11-4-5-12(8-10)16-11/h10-12,16H,2-9H2,1H3,(H,15,17). The maximum absolute atomic E-state index is 11.8. The van der Waals surface area contributed by atoms with Gasteiger partial charge >= 0.3 is 5.97 Å². The smallest absolute Gasteiger partial charge is 0.305 e. The van der Waals surface area contributed by atoms with Gasteiger partial charge in [-0.15, -0.1) is 0 Å². The molecule has 0 aromatic heterocycles. The first kappa shape index (κ1) is 14.3. The number of hydrogen-bond donors (Lipinski definition) is 2. The first-order chi connectivity index (χ1) is 9.17. The fourth-order valence-corrected chi connectivity index (χ4v) is 3.24. The molecule has 2 aliphatic rings. The lowest BCUT2D eigenvalue weighted by Gasteiger charge is -2.28. The molecule has 0 radical (unpaired) electrons. The van der Waals surface area contributed by atoms with Gasteiger partial charge in [-0.2, -0.15) is 0 Å². The Kier molecular flexibility index (Phi) is 5.19. The Labute approximate surface area is 114 Å². The highest BCUT2D eigenvalue weighted by atomic mass is 16.5. The molecular formula is C14H24N2O3. The summed E-state index contributed by atoms with van der Waals surface area (Å²) in [6.45, 7) is 0.561. The number of esters is 1. The molecule has 1 amide bonds. The highest BCUT2D eigenvalue weighted by Crippen LogP contribution is 2.32. The number of fused-ring (bicyclic) bond motifs is 2. The number of methoxy groups -OCH3 is 1. The van der Waals surface area contributed by atoms with Crippen LogP contribution in [0.3, 0.4) is 0 Å². The zero-order chi connectivity index (χ0) is 13.7. The first-order valence-corrected chi connectivity index (χ1v) is 7.27. The minimum absolute atomic E-state index is 0.121. The highest BCUT2D eigenvalue weighted by molar-refractivity contribution is 5.76. The van der Waals surface area contributed by atoms with Gasteiger partial charge in [0.25, 0.3) is 0 Å². The monoisotopic (exact) mass is 268 g/mol. The second-order valence-corrected chi connectivity index (χ2v) is 5.71. The molecule has 0 spiro atoms. The lowest BCUT2D eigenvalue weighted by molar-refractivity contribution is -0.140. The molecule has 2 N–H and O–H groups in total. The quantitative estimate of drug-likeness (QED) is 0.556. The van der Waals surface area contributed by atoms with Crippen LogP contribution >= 0.6 is 0 Å². The molecule has 0 aromatic rings. The normalized spacial score (nSPS) is 29.0. The van der Waals surface area contributed by atoms with E-state index in [-0.39, 0.29) is 11.9 Å². The Hall–Kier alpha value is -1.10. The summed E-state index contributed by atoms with van der Waals surface area (Å²) < 4.78 is 4.55. The minimum Gasteiger partial charge on any atom is -0.469 e. The number of ether oxygens (including phenoxy) is 1. The van der Waals surface area contributed by atoms with E-state index in [1.54, 1.807) is 0 Å². The van der Waals surface area contributed by atoms with Crippen LogP contribution in [0.5, 0.6) is 0 Å². The van der Waals surface area contributed by atoms with E-state index >= 15 is 0 Å². The lowest BCUT2D eigenvalue weighted by Crippen LogP contribution is -2.39. The molecule has 19 heavy (non-hydrogen) atoms. The molecule has 2 atom stereocenters. The first-order valence-electron chi connectivity index (χ1n) is 7.27. The van der Waals surface area contributed by atoms with Crippen molar-refractivity contribution in [1.82, 2.24) is 10.6 Å². The second-order valence-electron chi connectivity index (χ2n) is 5.71. The van der Waals surface area contributed by atoms with Crippen LogP contribution < -0.4 is 10.6 Å². The highest BCUT2D eigenvalue weighted by Gasteiger charge is 2.33. The molecule has 5 nitrogen and oxygen atoms in total. The van der Waals surface area contributed by atoms with Crippen molar-refractivity contribution < 1.29 is 14.3 Å².